The number of nitrogens with one attached hydrogen (secondary N) is 1. The summed E-state index contributed by atoms with van der Waals surface area (Å²) in [5, 5.41) is 7.10. The van der Waals surface area contributed by atoms with Gasteiger partial charge >= 0.3 is 6.03 Å². The monoisotopic (exact) mass is 254 g/mol. The Labute approximate surface area is 111 Å². The molecule has 1 heterocycles. The molecule has 0 bridgehead atoms. The fraction of sp³-hybridized carbons (Fsp3) is 0.692. The number of nitrogens with zero attached hydrogens (tertiary/aromatic N) is 3. The highest BCUT2D eigenvalue weighted by molar-refractivity contribution is 5.73. The zero-order valence-corrected chi connectivity index (χ0v) is 11.9. The summed E-state index contributed by atoms with van der Waals surface area (Å²) in [6, 6.07) is -0.0191. The molecule has 0 saturated heterocycles. The van der Waals surface area contributed by atoms with Crippen LogP contribution in [0, 0.1) is 6.92 Å². The molecule has 1 aromatic rings. The third-order valence-corrected chi connectivity index (χ3v) is 3.15. The highest BCUT2D eigenvalue weighted by Crippen LogP contribution is 2.08. The van der Waals surface area contributed by atoms with Crippen LogP contribution in [-0.4, -0.2) is 34.3 Å². The number of urea groups is 1. The lowest BCUT2D eigenvalue weighted by molar-refractivity contribution is 0.206. The Balaban J connectivity index is 0.00000324. The average Bonchev–Trinajstić information content (AvgIpc) is 2.66. The van der Waals surface area contributed by atoms with Gasteiger partial charge in [0, 0.05) is 33.3 Å². The molecule has 0 fully saturated rings. The van der Waals surface area contributed by atoms with E-state index in [2.05, 4.69) is 17.3 Å². The molecule has 0 aliphatic rings. The molecular weight excluding hydrogens is 228 g/mol. The van der Waals surface area contributed by atoms with Gasteiger partial charge in [0.25, 0.3) is 0 Å². The number of carbonyl (C=O) groups excluding carboxylic acids is 1. The first kappa shape index (κ1) is 14.5. The van der Waals surface area contributed by atoms with Crippen LogP contribution < -0.4 is 5.32 Å². The lowest BCUT2D eigenvalue weighted by atomic mass is 10.2. The molecule has 0 aliphatic heterocycles. The summed E-state index contributed by atoms with van der Waals surface area (Å²) in [5.74, 6) is 0. The third-order valence-electron chi connectivity index (χ3n) is 3.15. The van der Waals surface area contributed by atoms with Crippen molar-refractivity contribution in [1.29, 1.82) is 0 Å². The van der Waals surface area contributed by atoms with Gasteiger partial charge in [-0.3, -0.25) is 4.68 Å². The van der Waals surface area contributed by atoms with Gasteiger partial charge in [-0.15, -0.1) is 0 Å². The van der Waals surface area contributed by atoms with Crippen LogP contribution in [0.1, 0.15) is 38.9 Å². The minimum Gasteiger partial charge on any atom is -0.338 e. The maximum Gasteiger partial charge on any atom is 0.317 e. The molecule has 1 N–H and O–H groups in total. The van der Waals surface area contributed by atoms with E-state index in [4.69, 9.17) is 0 Å². The average molecular weight is 254 g/mol. The molecule has 5 nitrogen and oxygen atoms in total. The highest BCUT2D eigenvalue weighted by Gasteiger charge is 2.11. The molecule has 0 aromatic carbocycles. The van der Waals surface area contributed by atoms with E-state index >= 15 is 0 Å². The number of amides is 2. The molecular formula is C13H26N4O. The summed E-state index contributed by atoms with van der Waals surface area (Å²) in [6.45, 7) is 5.51. The van der Waals surface area contributed by atoms with E-state index in [1.165, 1.54) is 6.42 Å². The van der Waals surface area contributed by atoms with Crippen LogP contribution >= 0.6 is 0 Å². The topological polar surface area (TPSA) is 50.2 Å². The smallest absolute Gasteiger partial charge is 0.317 e. The van der Waals surface area contributed by atoms with Crippen LogP contribution in [0.4, 0.5) is 4.79 Å². The summed E-state index contributed by atoms with van der Waals surface area (Å²) in [5.41, 5.74) is 2.18. The largest absolute Gasteiger partial charge is 0.338 e. The number of carbonyl (C=O) groups is 1. The van der Waals surface area contributed by atoms with E-state index in [-0.39, 0.29) is 7.46 Å². The van der Waals surface area contributed by atoms with Gasteiger partial charge < -0.3 is 10.2 Å². The Morgan fingerprint density at radius 2 is 2.28 bits per heavy atom. The first-order valence-electron chi connectivity index (χ1n) is 6.52. The van der Waals surface area contributed by atoms with E-state index in [1.54, 1.807) is 4.90 Å². The highest BCUT2D eigenvalue weighted by atomic mass is 16.2. The Kier molecular flexibility index (Phi) is 5.68. The Morgan fingerprint density at radius 1 is 1.56 bits per heavy atom. The Bertz CT molecular complexity index is 392. The fourth-order valence-corrected chi connectivity index (χ4v) is 1.73. The first-order chi connectivity index (χ1) is 8.56. The number of unbranched alkanes of at least 4 members (excludes halogenated alkanes) is 2. The van der Waals surface area contributed by atoms with Crippen LogP contribution in [0.3, 0.4) is 0 Å². The SMILES string of the molecule is CCCCCNC(=O)N(C)Cc1cnn(C)c1C.[HH]. The molecule has 2 amide bonds. The van der Waals surface area contributed by atoms with Crippen molar-refractivity contribution in [3.05, 3.63) is 17.5 Å². The van der Waals surface area contributed by atoms with Crippen LogP contribution in [0.5, 0.6) is 0 Å². The molecule has 18 heavy (non-hydrogen) atoms. The number of aryl methyl sites for hydroxylation is 1. The van der Waals surface area contributed by atoms with Gasteiger partial charge in [-0.25, -0.2) is 4.79 Å². The first-order valence-corrected chi connectivity index (χ1v) is 6.52. The van der Waals surface area contributed by atoms with Gasteiger partial charge in [-0.05, 0) is 13.3 Å². The summed E-state index contributed by atoms with van der Waals surface area (Å²) in [6.07, 6.45) is 5.19. The van der Waals surface area contributed by atoms with Crippen molar-refractivity contribution in [2.75, 3.05) is 13.6 Å². The normalized spacial score (nSPS) is 10.4. The second-order valence-electron chi connectivity index (χ2n) is 4.67. The lowest BCUT2D eigenvalue weighted by Crippen LogP contribution is -2.37. The van der Waals surface area contributed by atoms with Crippen LogP contribution in [0.2, 0.25) is 0 Å². The Hall–Kier alpha value is -1.52. The zero-order chi connectivity index (χ0) is 13.5. The van der Waals surface area contributed by atoms with Crippen molar-refractivity contribution in [1.82, 2.24) is 20.0 Å². The second-order valence-corrected chi connectivity index (χ2v) is 4.67. The van der Waals surface area contributed by atoms with E-state index in [0.717, 1.165) is 30.6 Å². The molecule has 0 unspecified atom stereocenters. The maximum atomic E-state index is 11.8. The molecule has 0 aliphatic carbocycles. The summed E-state index contributed by atoms with van der Waals surface area (Å²) in [4.78, 5) is 13.5. The van der Waals surface area contributed by atoms with E-state index < -0.39 is 0 Å². The predicted octanol–water partition coefficient (Wildman–Crippen LogP) is 2.31. The minimum absolute atomic E-state index is 0. The minimum atomic E-state index is -0.0191. The number of hydrogen-bond acceptors (Lipinski definition) is 2. The molecule has 0 spiro atoms. The molecule has 1 rings (SSSR count). The summed E-state index contributed by atoms with van der Waals surface area (Å²) in [7, 11) is 3.71. The quantitative estimate of drug-likeness (QED) is 0.792. The zero-order valence-electron chi connectivity index (χ0n) is 11.9. The van der Waals surface area contributed by atoms with Crippen LogP contribution in [-0.2, 0) is 13.6 Å². The lowest BCUT2D eigenvalue weighted by Gasteiger charge is -2.17. The van der Waals surface area contributed by atoms with Crippen LogP contribution in [0.15, 0.2) is 6.20 Å². The third kappa shape index (κ3) is 4.05. The van der Waals surface area contributed by atoms with Crippen molar-refractivity contribution < 1.29 is 6.22 Å². The van der Waals surface area contributed by atoms with E-state index in [0.29, 0.717) is 6.54 Å². The van der Waals surface area contributed by atoms with Crippen molar-refractivity contribution >= 4 is 6.03 Å². The fourth-order valence-electron chi connectivity index (χ4n) is 1.73. The van der Waals surface area contributed by atoms with Crippen molar-refractivity contribution in [3.8, 4) is 0 Å². The van der Waals surface area contributed by atoms with Crippen molar-refractivity contribution in [3.63, 3.8) is 0 Å². The molecule has 0 atom stereocenters. The van der Waals surface area contributed by atoms with Gasteiger partial charge in [-0.2, -0.15) is 5.10 Å². The van der Waals surface area contributed by atoms with E-state index in [1.807, 2.05) is 31.9 Å². The van der Waals surface area contributed by atoms with Gasteiger partial charge in [0.2, 0.25) is 0 Å². The van der Waals surface area contributed by atoms with Gasteiger partial charge in [0.05, 0.1) is 12.7 Å². The molecule has 1 aromatic heterocycles. The Morgan fingerprint density at radius 3 is 2.83 bits per heavy atom. The van der Waals surface area contributed by atoms with Gasteiger partial charge in [-0.1, -0.05) is 19.8 Å². The maximum absolute atomic E-state index is 11.8. The summed E-state index contributed by atoms with van der Waals surface area (Å²) < 4.78 is 1.82. The van der Waals surface area contributed by atoms with Crippen molar-refractivity contribution in [2.24, 2.45) is 7.05 Å². The number of aromatic nitrogens is 2. The molecule has 104 valence electrons. The molecule has 0 radical (unpaired) electrons. The van der Waals surface area contributed by atoms with Crippen molar-refractivity contribution in [2.45, 2.75) is 39.7 Å². The standard InChI is InChI=1S/C13H24N4O.H2/c1-5-6-7-8-14-13(18)16(3)10-12-9-15-17(4)11(12)2;/h9H,5-8,10H2,1-4H3,(H,14,18);1H. The second kappa shape index (κ2) is 7.03. The van der Waals surface area contributed by atoms with Gasteiger partial charge in [0.15, 0.2) is 0 Å². The van der Waals surface area contributed by atoms with E-state index in [9.17, 15) is 4.79 Å². The molecule has 5 heteroatoms. The summed E-state index contributed by atoms with van der Waals surface area (Å²) >= 11 is 0. The van der Waals surface area contributed by atoms with Gasteiger partial charge in [0.1, 0.15) is 0 Å². The number of rotatable bonds is 6. The predicted molar refractivity (Wildman–Crippen MR) is 74.4 cm³/mol. The number of hydrogen-bond donors (Lipinski definition) is 1. The molecule has 0 saturated carbocycles. The van der Waals surface area contributed by atoms with Crippen LogP contribution in [0.25, 0.3) is 0 Å².